The fourth-order valence-corrected chi connectivity index (χ4v) is 3.25. The van der Waals surface area contributed by atoms with Crippen LogP contribution in [0.5, 0.6) is 0 Å². The molecule has 0 N–H and O–H groups in total. The Balaban J connectivity index is 3.23. The van der Waals surface area contributed by atoms with E-state index >= 15 is 0 Å². The Kier molecular flexibility index (Phi) is 16.3. The summed E-state index contributed by atoms with van der Waals surface area (Å²) in [6.07, 6.45) is 18.3. The van der Waals surface area contributed by atoms with E-state index in [0.717, 1.165) is 18.8 Å². The first-order valence-electron chi connectivity index (χ1n) is 11.5. The summed E-state index contributed by atoms with van der Waals surface area (Å²) in [6.45, 7) is 12.1. The van der Waals surface area contributed by atoms with Gasteiger partial charge in [0.1, 0.15) is 0 Å². The second kappa shape index (κ2) is 16.6. The van der Waals surface area contributed by atoms with Gasteiger partial charge in [-0.05, 0) is 30.6 Å². The molecule has 0 aliphatic heterocycles. The maximum atomic E-state index is 11.7. The second-order valence-corrected chi connectivity index (χ2v) is 9.71. The molecule has 26 heavy (non-hydrogen) atoms. The van der Waals surface area contributed by atoms with Crippen LogP contribution in [0.1, 0.15) is 131 Å². The molecule has 156 valence electrons. The van der Waals surface area contributed by atoms with Crippen LogP contribution < -0.4 is 0 Å². The van der Waals surface area contributed by atoms with Crippen molar-refractivity contribution in [2.24, 2.45) is 11.3 Å². The van der Waals surface area contributed by atoms with Crippen molar-refractivity contribution in [3.8, 4) is 0 Å². The summed E-state index contributed by atoms with van der Waals surface area (Å²) >= 11 is 0. The maximum absolute atomic E-state index is 11.7. The Morgan fingerprint density at radius 1 is 0.731 bits per heavy atom. The first-order chi connectivity index (χ1) is 12.3. The lowest BCUT2D eigenvalue weighted by Crippen LogP contribution is -2.06. The molecule has 2 heteroatoms. The molecule has 0 amide bonds. The minimum Gasteiger partial charge on any atom is -0.466 e. The Bertz CT molecular complexity index is 315. The van der Waals surface area contributed by atoms with Gasteiger partial charge in [-0.3, -0.25) is 4.79 Å². The van der Waals surface area contributed by atoms with Crippen LogP contribution in [0.2, 0.25) is 0 Å². The molecule has 0 aliphatic rings. The summed E-state index contributed by atoms with van der Waals surface area (Å²) in [6, 6.07) is 0. The lowest BCUT2D eigenvalue weighted by Gasteiger charge is -2.17. The highest BCUT2D eigenvalue weighted by Crippen LogP contribution is 2.22. The second-order valence-electron chi connectivity index (χ2n) is 9.71. The molecule has 0 unspecified atom stereocenters. The molecule has 2 nitrogen and oxygen atoms in total. The molecule has 0 aromatic carbocycles. The van der Waals surface area contributed by atoms with Gasteiger partial charge in [0.05, 0.1) is 6.61 Å². The Morgan fingerprint density at radius 3 is 1.81 bits per heavy atom. The average molecular weight is 369 g/mol. The molecule has 0 saturated heterocycles. The van der Waals surface area contributed by atoms with E-state index < -0.39 is 0 Å². The number of esters is 1. The van der Waals surface area contributed by atoms with Crippen molar-refractivity contribution in [1.82, 2.24) is 0 Å². The quantitative estimate of drug-likeness (QED) is 0.191. The zero-order valence-electron chi connectivity index (χ0n) is 18.7. The van der Waals surface area contributed by atoms with Crippen molar-refractivity contribution in [2.45, 2.75) is 131 Å². The summed E-state index contributed by atoms with van der Waals surface area (Å²) < 4.78 is 5.34. The van der Waals surface area contributed by atoms with Crippen LogP contribution in [0, 0.1) is 11.3 Å². The number of carbonyl (C=O) groups is 1. The predicted octanol–water partition coefficient (Wildman–Crippen LogP) is 8.08. The van der Waals surface area contributed by atoms with E-state index in [4.69, 9.17) is 4.74 Å². The largest absolute Gasteiger partial charge is 0.466 e. The fourth-order valence-electron chi connectivity index (χ4n) is 3.25. The number of rotatable bonds is 17. The molecular formula is C24H48O2. The molecule has 0 saturated carbocycles. The van der Waals surface area contributed by atoms with Crippen molar-refractivity contribution in [3.05, 3.63) is 0 Å². The van der Waals surface area contributed by atoms with Crippen molar-refractivity contribution < 1.29 is 9.53 Å². The highest BCUT2D eigenvalue weighted by atomic mass is 16.5. The van der Waals surface area contributed by atoms with E-state index in [0.29, 0.717) is 18.4 Å². The molecular weight excluding hydrogens is 320 g/mol. The summed E-state index contributed by atoms with van der Waals surface area (Å²) in [5.74, 6) is 0.858. The van der Waals surface area contributed by atoms with Gasteiger partial charge in [-0.2, -0.15) is 0 Å². The van der Waals surface area contributed by atoms with Crippen LogP contribution in [0.25, 0.3) is 0 Å². The van der Waals surface area contributed by atoms with Crippen molar-refractivity contribution in [1.29, 1.82) is 0 Å². The Hall–Kier alpha value is -0.530. The molecule has 0 aliphatic carbocycles. The number of carbonyl (C=O) groups excluding carboxylic acids is 1. The molecule has 0 radical (unpaired) electrons. The molecule has 0 aromatic heterocycles. The third-order valence-electron chi connectivity index (χ3n) is 5.00. The van der Waals surface area contributed by atoms with Crippen molar-refractivity contribution in [3.63, 3.8) is 0 Å². The smallest absolute Gasteiger partial charge is 0.305 e. The first kappa shape index (κ1) is 25.5. The number of unbranched alkanes of at least 4 members (excludes halogenated alkanes) is 10. The van der Waals surface area contributed by atoms with Crippen LogP contribution in [0.3, 0.4) is 0 Å². The highest BCUT2D eigenvalue weighted by molar-refractivity contribution is 5.69. The van der Waals surface area contributed by atoms with E-state index in [1.165, 1.54) is 77.0 Å². The molecule has 0 rings (SSSR count). The minimum atomic E-state index is 0.00776. The molecule has 0 spiro atoms. The summed E-state index contributed by atoms with van der Waals surface area (Å²) in [5.41, 5.74) is 0.445. The maximum Gasteiger partial charge on any atom is 0.305 e. The van der Waals surface area contributed by atoms with Crippen molar-refractivity contribution in [2.75, 3.05) is 6.61 Å². The Morgan fingerprint density at radius 2 is 1.23 bits per heavy atom. The van der Waals surface area contributed by atoms with Crippen LogP contribution in [0.15, 0.2) is 0 Å². The van der Waals surface area contributed by atoms with Gasteiger partial charge in [0, 0.05) is 6.42 Å². The van der Waals surface area contributed by atoms with Gasteiger partial charge in [-0.25, -0.2) is 0 Å². The van der Waals surface area contributed by atoms with Gasteiger partial charge < -0.3 is 4.74 Å². The van der Waals surface area contributed by atoms with E-state index in [9.17, 15) is 4.79 Å². The van der Waals surface area contributed by atoms with Gasteiger partial charge >= 0.3 is 5.97 Å². The molecule has 0 aromatic rings. The molecule has 0 heterocycles. The fraction of sp³-hybridized carbons (Fsp3) is 0.958. The third-order valence-corrected chi connectivity index (χ3v) is 5.00. The van der Waals surface area contributed by atoms with Gasteiger partial charge in [0.15, 0.2) is 0 Å². The van der Waals surface area contributed by atoms with Crippen LogP contribution in [-0.4, -0.2) is 12.6 Å². The van der Waals surface area contributed by atoms with Gasteiger partial charge in [0.2, 0.25) is 0 Å². The highest BCUT2D eigenvalue weighted by Gasteiger charge is 2.08. The van der Waals surface area contributed by atoms with E-state index in [1.54, 1.807) is 0 Å². The summed E-state index contributed by atoms with van der Waals surface area (Å²) in [4.78, 5) is 11.7. The lowest BCUT2D eigenvalue weighted by molar-refractivity contribution is -0.143. The summed E-state index contributed by atoms with van der Waals surface area (Å²) in [7, 11) is 0. The zero-order valence-corrected chi connectivity index (χ0v) is 18.7. The average Bonchev–Trinajstić information content (AvgIpc) is 2.54. The van der Waals surface area contributed by atoms with Gasteiger partial charge in [-0.15, -0.1) is 0 Å². The predicted molar refractivity (Wildman–Crippen MR) is 115 cm³/mol. The summed E-state index contributed by atoms with van der Waals surface area (Å²) in [5, 5.41) is 0. The topological polar surface area (TPSA) is 26.3 Å². The minimum absolute atomic E-state index is 0.00776. The Labute approximate surface area is 164 Å². The SMILES string of the molecule is CC(C)CCCCCCCCCCC(=O)OCCCCCCC(C)(C)C. The van der Waals surface area contributed by atoms with Crippen LogP contribution >= 0.6 is 0 Å². The monoisotopic (exact) mass is 368 g/mol. The molecule has 0 fully saturated rings. The molecule has 0 atom stereocenters. The third kappa shape index (κ3) is 21.5. The van der Waals surface area contributed by atoms with E-state index in [2.05, 4.69) is 34.6 Å². The number of ether oxygens (including phenoxy) is 1. The van der Waals surface area contributed by atoms with Gasteiger partial charge in [0.25, 0.3) is 0 Å². The number of hydrogen-bond donors (Lipinski definition) is 0. The number of hydrogen-bond acceptors (Lipinski definition) is 2. The van der Waals surface area contributed by atoms with E-state index in [-0.39, 0.29) is 5.97 Å². The molecule has 0 bridgehead atoms. The zero-order chi connectivity index (χ0) is 19.7. The van der Waals surface area contributed by atoms with Crippen LogP contribution in [-0.2, 0) is 9.53 Å². The van der Waals surface area contributed by atoms with Crippen LogP contribution in [0.4, 0.5) is 0 Å². The standard InChI is InChI=1S/C24H48O2/c1-22(2)18-14-10-8-6-7-9-11-15-19-23(25)26-21-17-13-12-16-20-24(3,4)5/h22H,6-21H2,1-5H3. The normalized spacial score (nSPS) is 11.9. The first-order valence-corrected chi connectivity index (χ1v) is 11.5. The van der Waals surface area contributed by atoms with Crippen molar-refractivity contribution >= 4 is 5.97 Å². The van der Waals surface area contributed by atoms with E-state index in [1.807, 2.05) is 0 Å². The van der Waals surface area contributed by atoms with Gasteiger partial charge in [-0.1, -0.05) is 105 Å². The lowest BCUT2D eigenvalue weighted by atomic mass is 9.89.